The van der Waals surface area contributed by atoms with Gasteiger partial charge >= 0.3 is 5.97 Å². The van der Waals surface area contributed by atoms with Crippen molar-refractivity contribution < 1.29 is 23.9 Å². The molecule has 1 N–H and O–H groups in total. The van der Waals surface area contributed by atoms with Crippen LogP contribution in [0.5, 0.6) is 0 Å². The van der Waals surface area contributed by atoms with Gasteiger partial charge in [-0.05, 0) is 36.8 Å². The topological polar surface area (TPSA) is 112 Å². The molecule has 0 radical (unpaired) electrons. The van der Waals surface area contributed by atoms with Crippen molar-refractivity contribution in [2.75, 3.05) is 7.05 Å². The van der Waals surface area contributed by atoms with Crippen LogP contribution in [0, 0.1) is 11.3 Å². The highest BCUT2D eigenvalue weighted by molar-refractivity contribution is 6.19. The van der Waals surface area contributed by atoms with Gasteiger partial charge in [0, 0.05) is 18.2 Å². The number of carbonyl (C=O) groups excluding carboxylic acids is 2. The van der Waals surface area contributed by atoms with Crippen molar-refractivity contribution in [1.82, 2.24) is 4.90 Å². The highest BCUT2D eigenvalue weighted by atomic mass is 16.4. The van der Waals surface area contributed by atoms with Crippen LogP contribution < -0.4 is 0 Å². The first-order valence-corrected chi connectivity index (χ1v) is 7.93. The summed E-state index contributed by atoms with van der Waals surface area (Å²) in [5, 5.41) is 18.5. The van der Waals surface area contributed by atoms with Crippen LogP contribution in [0.2, 0.25) is 0 Å². The minimum atomic E-state index is -1.08. The molecule has 0 fully saturated rings. The average molecular weight is 362 g/mol. The summed E-state index contributed by atoms with van der Waals surface area (Å²) in [6.07, 6.45) is 1.44. The van der Waals surface area contributed by atoms with Gasteiger partial charge in [-0.15, -0.1) is 0 Å². The lowest BCUT2D eigenvalue weighted by atomic mass is 9.95. The fourth-order valence-electron chi connectivity index (χ4n) is 2.80. The molecule has 1 aliphatic heterocycles. The Balaban J connectivity index is 2.07. The van der Waals surface area contributed by atoms with Crippen LogP contribution in [0.4, 0.5) is 0 Å². The molecule has 1 aromatic heterocycles. The van der Waals surface area contributed by atoms with Gasteiger partial charge in [-0.25, -0.2) is 4.79 Å². The molecular weight excluding hydrogens is 348 g/mol. The first-order valence-electron chi connectivity index (χ1n) is 7.93. The molecule has 0 bridgehead atoms. The number of carboxylic acid groups (broad SMARTS) is 1. The quantitative estimate of drug-likeness (QED) is 0.664. The Bertz CT molecular complexity index is 1080. The van der Waals surface area contributed by atoms with E-state index in [9.17, 15) is 24.8 Å². The lowest BCUT2D eigenvalue weighted by Crippen LogP contribution is -2.39. The average Bonchev–Trinajstić information content (AvgIpc) is 3.12. The molecule has 134 valence electrons. The molecule has 2 heterocycles. The zero-order chi connectivity index (χ0) is 19.7. The molecule has 0 spiro atoms. The van der Waals surface area contributed by atoms with Gasteiger partial charge in [0.2, 0.25) is 0 Å². The van der Waals surface area contributed by atoms with Crippen molar-refractivity contribution in [2.24, 2.45) is 0 Å². The number of nitrogens with zero attached hydrogens (tertiary/aromatic N) is 2. The van der Waals surface area contributed by atoms with E-state index in [1.807, 2.05) is 6.07 Å². The van der Waals surface area contributed by atoms with E-state index in [1.165, 1.54) is 26.1 Å². The third-order valence-corrected chi connectivity index (χ3v) is 4.28. The summed E-state index contributed by atoms with van der Waals surface area (Å²) in [7, 11) is 1.30. The second-order valence-corrected chi connectivity index (χ2v) is 5.89. The molecule has 7 heteroatoms. The van der Waals surface area contributed by atoms with E-state index in [0.717, 1.165) is 4.90 Å². The Morgan fingerprint density at radius 3 is 2.56 bits per heavy atom. The predicted molar refractivity (Wildman–Crippen MR) is 95.2 cm³/mol. The van der Waals surface area contributed by atoms with E-state index >= 15 is 0 Å². The Hall–Kier alpha value is -3.92. The predicted octanol–water partition coefficient (Wildman–Crippen LogP) is 2.87. The number of hydrogen-bond donors (Lipinski definition) is 1. The van der Waals surface area contributed by atoms with Gasteiger partial charge in [-0.3, -0.25) is 14.5 Å². The fourth-order valence-corrected chi connectivity index (χ4v) is 2.80. The molecule has 0 saturated carbocycles. The maximum atomic E-state index is 12.4. The highest BCUT2D eigenvalue weighted by Crippen LogP contribution is 2.30. The number of furan rings is 1. The van der Waals surface area contributed by atoms with Gasteiger partial charge < -0.3 is 9.52 Å². The second kappa shape index (κ2) is 6.77. The van der Waals surface area contributed by atoms with Crippen LogP contribution in [-0.2, 0) is 9.59 Å². The fraction of sp³-hybridized carbons (Fsp3) is 0.100. The van der Waals surface area contributed by atoms with Gasteiger partial charge in [0.1, 0.15) is 23.2 Å². The number of nitriles is 1. The summed E-state index contributed by atoms with van der Waals surface area (Å²) in [5.74, 6) is -1.64. The molecule has 1 aliphatic rings. The monoisotopic (exact) mass is 362 g/mol. The summed E-state index contributed by atoms with van der Waals surface area (Å²) in [6.45, 7) is 1.52. The van der Waals surface area contributed by atoms with Gasteiger partial charge in [-0.2, -0.15) is 5.26 Å². The lowest BCUT2D eigenvalue weighted by Gasteiger charge is -2.23. The molecule has 3 rings (SSSR count). The van der Waals surface area contributed by atoms with Crippen molar-refractivity contribution in [3.05, 3.63) is 64.4 Å². The summed E-state index contributed by atoms with van der Waals surface area (Å²) in [6, 6.07) is 11.4. The van der Waals surface area contributed by atoms with E-state index < -0.39 is 17.8 Å². The maximum absolute atomic E-state index is 12.4. The summed E-state index contributed by atoms with van der Waals surface area (Å²) < 4.78 is 5.69. The minimum Gasteiger partial charge on any atom is -0.478 e. The molecule has 0 aliphatic carbocycles. The van der Waals surface area contributed by atoms with Crippen LogP contribution in [0.1, 0.15) is 23.0 Å². The molecule has 0 saturated heterocycles. The number of aromatic carboxylic acids is 1. The van der Waals surface area contributed by atoms with E-state index in [0.29, 0.717) is 17.1 Å². The Morgan fingerprint density at radius 2 is 1.89 bits per heavy atom. The van der Waals surface area contributed by atoms with E-state index in [1.54, 1.807) is 30.3 Å². The van der Waals surface area contributed by atoms with E-state index in [-0.39, 0.29) is 22.3 Å². The molecule has 2 aromatic rings. The molecule has 27 heavy (non-hydrogen) atoms. The van der Waals surface area contributed by atoms with Gasteiger partial charge in [0.25, 0.3) is 11.8 Å². The summed E-state index contributed by atoms with van der Waals surface area (Å²) >= 11 is 0. The van der Waals surface area contributed by atoms with Crippen molar-refractivity contribution >= 4 is 23.9 Å². The smallest absolute Gasteiger partial charge is 0.336 e. The number of benzene rings is 1. The number of carboxylic acids is 1. The zero-order valence-corrected chi connectivity index (χ0v) is 14.5. The number of amides is 2. The van der Waals surface area contributed by atoms with Crippen LogP contribution in [0.15, 0.2) is 57.5 Å². The van der Waals surface area contributed by atoms with Gasteiger partial charge in [-0.1, -0.05) is 18.2 Å². The molecule has 1 aromatic carbocycles. The number of likely N-dealkylation sites (N-methyl/N-ethyl adjacent to an activating group) is 1. The second-order valence-electron chi connectivity index (χ2n) is 5.89. The summed E-state index contributed by atoms with van der Waals surface area (Å²) in [5.41, 5.74) is 0.830. The Kier molecular flexibility index (Phi) is 4.48. The maximum Gasteiger partial charge on any atom is 0.336 e. The van der Waals surface area contributed by atoms with Gasteiger partial charge in [0.15, 0.2) is 0 Å². The van der Waals surface area contributed by atoms with E-state index in [2.05, 4.69) is 0 Å². The Labute approximate surface area is 154 Å². The van der Waals surface area contributed by atoms with Crippen LogP contribution in [0.3, 0.4) is 0 Å². The number of hydrogen-bond acceptors (Lipinski definition) is 5. The first kappa shape index (κ1) is 17.9. The van der Waals surface area contributed by atoms with E-state index in [4.69, 9.17) is 4.42 Å². The van der Waals surface area contributed by atoms with Crippen LogP contribution in [-0.4, -0.2) is 34.8 Å². The van der Waals surface area contributed by atoms with Crippen molar-refractivity contribution in [2.45, 2.75) is 6.92 Å². The Morgan fingerprint density at radius 1 is 1.19 bits per heavy atom. The lowest BCUT2D eigenvalue weighted by molar-refractivity contribution is -0.138. The normalized spacial score (nSPS) is 16.0. The first-order chi connectivity index (χ1) is 12.8. The molecule has 7 nitrogen and oxygen atoms in total. The molecule has 0 atom stereocenters. The third kappa shape index (κ3) is 3.04. The zero-order valence-electron chi connectivity index (χ0n) is 14.5. The molecular formula is C20H14N2O5. The number of carbonyl (C=O) groups is 3. The highest BCUT2D eigenvalue weighted by Gasteiger charge is 2.33. The van der Waals surface area contributed by atoms with Crippen LogP contribution >= 0.6 is 0 Å². The summed E-state index contributed by atoms with van der Waals surface area (Å²) in [4.78, 5) is 36.6. The van der Waals surface area contributed by atoms with Crippen molar-refractivity contribution in [1.29, 1.82) is 5.26 Å². The molecule has 0 unspecified atom stereocenters. The van der Waals surface area contributed by atoms with Crippen molar-refractivity contribution in [3.8, 4) is 17.4 Å². The van der Waals surface area contributed by atoms with Crippen molar-refractivity contribution in [3.63, 3.8) is 0 Å². The molecule has 2 amide bonds. The largest absolute Gasteiger partial charge is 0.478 e. The van der Waals surface area contributed by atoms with Gasteiger partial charge in [0.05, 0.1) is 5.56 Å². The number of imide groups is 1. The van der Waals surface area contributed by atoms with Crippen LogP contribution in [0.25, 0.3) is 17.4 Å². The SMILES string of the molecule is CC1=C(C#N)C(=O)N(C)C(=O)/C1=C/c1ccc(-c2ccccc2C(=O)O)o1. The minimum absolute atomic E-state index is 0.0907. The number of rotatable bonds is 3. The standard InChI is InChI=1S/C20H14N2O5/c1-11-15(18(23)22(2)19(24)16(11)10-21)9-12-7-8-17(27-12)13-5-3-4-6-14(13)20(25)26/h3-9H,1-2H3,(H,25,26)/b15-9+. The third-order valence-electron chi connectivity index (χ3n) is 4.28.